The Morgan fingerprint density at radius 3 is 2.26 bits per heavy atom. The summed E-state index contributed by atoms with van der Waals surface area (Å²) in [6.07, 6.45) is 4.24. The molecule has 1 aliphatic carbocycles. The average molecular weight is 360 g/mol. The molecule has 8 heteroatoms. The Labute approximate surface area is 144 Å². The van der Waals surface area contributed by atoms with Crippen molar-refractivity contribution in [3.63, 3.8) is 0 Å². The van der Waals surface area contributed by atoms with Gasteiger partial charge in [-0.25, -0.2) is 9.78 Å². The summed E-state index contributed by atoms with van der Waals surface area (Å²) >= 11 is 11.7. The monoisotopic (exact) mass is 359 g/mol. The Morgan fingerprint density at radius 2 is 1.70 bits per heavy atom. The van der Waals surface area contributed by atoms with Crippen LogP contribution in [0.2, 0.25) is 10.2 Å². The summed E-state index contributed by atoms with van der Waals surface area (Å²) in [4.78, 5) is 26.4. The van der Waals surface area contributed by atoms with Crippen molar-refractivity contribution in [2.75, 3.05) is 13.1 Å². The van der Waals surface area contributed by atoms with Gasteiger partial charge in [-0.05, 0) is 43.6 Å². The van der Waals surface area contributed by atoms with Crippen LogP contribution >= 0.6 is 23.2 Å². The van der Waals surface area contributed by atoms with Crippen molar-refractivity contribution in [3.05, 3.63) is 28.0 Å². The normalized spacial score (nSPS) is 20.8. The first-order chi connectivity index (χ1) is 11.0. The van der Waals surface area contributed by atoms with Gasteiger partial charge in [-0.15, -0.1) is 0 Å². The first kappa shape index (κ1) is 17.8. The molecule has 0 atom stereocenters. The van der Waals surface area contributed by atoms with Crippen LogP contribution in [0.1, 0.15) is 36.0 Å². The lowest BCUT2D eigenvalue weighted by Gasteiger charge is -2.28. The summed E-state index contributed by atoms with van der Waals surface area (Å²) in [5.41, 5.74) is 0.325. The van der Waals surface area contributed by atoms with Gasteiger partial charge < -0.3 is 15.7 Å². The van der Waals surface area contributed by atoms with E-state index in [1.165, 1.54) is 12.3 Å². The third kappa shape index (κ3) is 5.55. The van der Waals surface area contributed by atoms with Gasteiger partial charge >= 0.3 is 6.09 Å². The van der Waals surface area contributed by atoms with E-state index in [0.717, 1.165) is 25.7 Å². The lowest BCUT2D eigenvalue weighted by molar-refractivity contribution is 0.0941. The second-order valence-corrected chi connectivity index (χ2v) is 6.56. The number of halogens is 2. The highest BCUT2D eigenvalue weighted by molar-refractivity contribution is 6.35. The zero-order valence-electron chi connectivity index (χ0n) is 12.5. The van der Waals surface area contributed by atoms with Gasteiger partial charge in [0.1, 0.15) is 5.15 Å². The number of carbonyl (C=O) groups is 2. The van der Waals surface area contributed by atoms with Crippen LogP contribution in [0.15, 0.2) is 12.3 Å². The van der Waals surface area contributed by atoms with E-state index < -0.39 is 6.09 Å². The lowest BCUT2D eigenvalue weighted by Crippen LogP contribution is -2.34. The van der Waals surface area contributed by atoms with E-state index in [1.807, 2.05) is 0 Å². The molecule has 1 aliphatic rings. The maximum atomic E-state index is 12.1. The summed E-state index contributed by atoms with van der Waals surface area (Å²) in [6.45, 7) is 1.08. The molecule has 1 aromatic heterocycles. The second kappa shape index (κ2) is 8.36. The van der Waals surface area contributed by atoms with Crippen LogP contribution in [0.3, 0.4) is 0 Å². The average Bonchev–Trinajstić information content (AvgIpc) is 2.53. The second-order valence-electron chi connectivity index (χ2n) is 5.77. The molecule has 126 valence electrons. The van der Waals surface area contributed by atoms with Gasteiger partial charge in [-0.2, -0.15) is 0 Å². The number of rotatable bonds is 5. The van der Waals surface area contributed by atoms with E-state index >= 15 is 0 Å². The SMILES string of the molecule is O=C(O)NCC1CCC(CNC(=O)c2cc(Cl)ncc2Cl)CC1. The zero-order chi connectivity index (χ0) is 16.8. The molecule has 0 radical (unpaired) electrons. The number of amides is 2. The van der Waals surface area contributed by atoms with Crippen LogP contribution in [0, 0.1) is 11.8 Å². The fourth-order valence-electron chi connectivity index (χ4n) is 2.79. The van der Waals surface area contributed by atoms with Crippen LogP contribution in [-0.2, 0) is 0 Å². The van der Waals surface area contributed by atoms with Crippen molar-refractivity contribution >= 4 is 35.2 Å². The molecule has 23 heavy (non-hydrogen) atoms. The molecule has 0 bridgehead atoms. The molecule has 6 nitrogen and oxygen atoms in total. The smallest absolute Gasteiger partial charge is 0.404 e. The minimum absolute atomic E-state index is 0.228. The van der Waals surface area contributed by atoms with Crippen LogP contribution in [0.25, 0.3) is 0 Å². The Kier molecular flexibility index (Phi) is 6.47. The molecular formula is C15H19Cl2N3O3. The molecular weight excluding hydrogens is 341 g/mol. The molecule has 0 aliphatic heterocycles. The molecule has 0 aromatic carbocycles. The first-order valence-electron chi connectivity index (χ1n) is 7.51. The molecule has 0 spiro atoms. The van der Waals surface area contributed by atoms with E-state index in [2.05, 4.69) is 15.6 Å². The molecule has 1 aromatic rings. The van der Waals surface area contributed by atoms with Gasteiger partial charge in [-0.3, -0.25) is 4.79 Å². The van der Waals surface area contributed by atoms with Crippen LogP contribution < -0.4 is 10.6 Å². The molecule has 1 saturated carbocycles. The van der Waals surface area contributed by atoms with Crippen molar-refractivity contribution in [3.8, 4) is 0 Å². The van der Waals surface area contributed by atoms with Crippen molar-refractivity contribution in [1.29, 1.82) is 0 Å². The minimum atomic E-state index is -0.979. The largest absolute Gasteiger partial charge is 0.465 e. The summed E-state index contributed by atoms with van der Waals surface area (Å²) < 4.78 is 0. The summed E-state index contributed by atoms with van der Waals surface area (Å²) in [5, 5.41) is 14.4. The van der Waals surface area contributed by atoms with Crippen molar-refractivity contribution in [2.24, 2.45) is 11.8 Å². The maximum absolute atomic E-state index is 12.1. The van der Waals surface area contributed by atoms with Gasteiger partial charge in [0.15, 0.2) is 0 Å². The topological polar surface area (TPSA) is 91.3 Å². The molecule has 0 unspecified atom stereocenters. The minimum Gasteiger partial charge on any atom is -0.465 e. The molecule has 1 fully saturated rings. The molecule has 0 saturated heterocycles. The maximum Gasteiger partial charge on any atom is 0.404 e. The van der Waals surface area contributed by atoms with Crippen LogP contribution in [0.5, 0.6) is 0 Å². The Balaban J connectivity index is 1.76. The standard InChI is InChI=1S/C15H19Cl2N3O3/c16-12-8-18-13(17)5-11(12)14(21)19-6-9-1-3-10(4-2-9)7-20-15(22)23/h5,8-10,20H,1-4,6-7H2,(H,19,21)(H,22,23). The van der Waals surface area contributed by atoms with Crippen molar-refractivity contribution in [1.82, 2.24) is 15.6 Å². The van der Waals surface area contributed by atoms with Gasteiger partial charge in [0.2, 0.25) is 0 Å². The zero-order valence-corrected chi connectivity index (χ0v) is 14.0. The molecule has 2 amide bonds. The number of pyridine rings is 1. The first-order valence-corrected chi connectivity index (χ1v) is 8.27. The number of carboxylic acid groups (broad SMARTS) is 1. The fraction of sp³-hybridized carbons (Fsp3) is 0.533. The van der Waals surface area contributed by atoms with Gasteiger partial charge in [0.05, 0.1) is 10.6 Å². The fourth-order valence-corrected chi connectivity index (χ4v) is 3.14. The summed E-state index contributed by atoms with van der Waals surface area (Å²) in [7, 11) is 0. The lowest BCUT2D eigenvalue weighted by atomic mass is 9.82. The Hall–Kier alpha value is -1.53. The predicted octanol–water partition coefficient (Wildman–Crippen LogP) is 3.19. The highest BCUT2D eigenvalue weighted by Gasteiger charge is 2.22. The van der Waals surface area contributed by atoms with E-state index in [0.29, 0.717) is 30.5 Å². The number of nitrogens with one attached hydrogen (secondary N) is 2. The molecule has 3 N–H and O–H groups in total. The molecule has 2 rings (SSSR count). The van der Waals surface area contributed by atoms with Gasteiger partial charge in [-0.1, -0.05) is 23.2 Å². The predicted molar refractivity (Wildman–Crippen MR) is 88.1 cm³/mol. The third-order valence-corrected chi connectivity index (χ3v) is 4.63. The van der Waals surface area contributed by atoms with E-state index in [4.69, 9.17) is 28.3 Å². The van der Waals surface area contributed by atoms with E-state index in [9.17, 15) is 9.59 Å². The quantitative estimate of drug-likeness (QED) is 0.704. The van der Waals surface area contributed by atoms with Crippen LogP contribution in [0.4, 0.5) is 4.79 Å². The van der Waals surface area contributed by atoms with E-state index in [-0.39, 0.29) is 16.1 Å². The Bertz CT molecular complexity index is 575. The Morgan fingerprint density at radius 1 is 1.13 bits per heavy atom. The third-order valence-electron chi connectivity index (χ3n) is 4.13. The van der Waals surface area contributed by atoms with Gasteiger partial charge in [0.25, 0.3) is 5.91 Å². The highest BCUT2D eigenvalue weighted by atomic mass is 35.5. The van der Waals surface area contributed by atoms with Gasteiger partial charge in [0, 0.05) is 19.3 Å². The van der Waals surface area contributed by atoms with Crippen molar-refractivity contribution in [2.45, 2.75) is 25.7 Å². The number of nitrogens with zero attached hydrogens (tertiary/aromatic N) is 1. The summed E-state index contributed by atoms with van der Waals surface area (Å²) in [5.74, 6) is 0.525. The number of hydrogen-bond donors (Lipinski definition) is 3. The van der Waals surface area contributed by atoms with Crippen LogP contribution in [-0.4, -0.2) is 35.2 Å². The number of aromatic nitrogens is 1. The highest BCUT2D eigenvalue weighted by Crippen LogP contribution is 2.28. The van der Waals surface area contributed by atoms with E-state index in [1.54, 1.807) is 0 Å². The summed E-state index contributed by atoms with van der Waals surface area (Å²) in [6, 6.07) is 1.45. The molecule has 1 heterocycles. The van der Waals surface area contributed by atoms with Crippen molar-refractivity contribution < 1.29 is 14.7 Å². The number of carbonyl (C=O) groups excluding carboxylic acids is 1. The number of hydrogen-bond acceptors (Lipinski definition) is 3.